The third-order valence-corrected chi connectivity index (χ3v) is 2.89. The summed E-state index contributed by atoms with van der Waals surface area (Å²) in [6, 6.07) is 0.177. The highest BCUT2D eigenvalue weighted by atomic mass is 15.6. The SMILES string of the molecule is Cn1nnc(CC(N)C2(C)CC2)n1. The maximum atomic E-state index is 6.04. The van der Waals surface area contributed by atoms with Gasteiger partial charge in [-0.25, -0.2) is 0 Å². The van der Waals surface area contributed by atoms with Gasteiger partial charge in [0.1, 0.15) is 0 Å². The smallest absolute Gasteiger partial charge is 0.176 e. The van der Waals surface area contributed by atoms with Crippen molar-refractivity contribution >= 4 is 0 Å². The van der Waals surface area contributed by atoms with Crippen LogP contribution >= 0.6 is 0 Å². The van der Waals surface area contributed by atoms with Crippen LogP contribution in [0.4, 0.5) is 0 Å². The third-order valence-electron chi connectivity index (χ3n) is 2.89. The Hall–Kier alpha value is -0.970. The summed E-state index contributed by atoms with van der Waals surface area (Å²) in [4.78, 5) is 1.47. The van der Waals surface area contributed by atoms with Gasteiger partial charge in [0.25, 0.3) is 0 Å². The Morgan fingerprint density at radius 1 is 1.62 bits per heavy atom. The van der Waals surface area contributed by atoms with Gasteiger partial charge in [-0.2, -0.15) is 4.80 Å². The molecule has 5 nitrogen and oxygen atoms in total. The molecule has 2 N–H and O–H groups in total. The molecule has 0 spiro atoms. The zero-order valence-electron chi connectivity index (χ0n) is 8.06. The molecule has 1 aromatic heterocycles. The van der Waals surface area contributed by atoms with Crippen molar-refractivity contribution in [3.05, 3.63) is 5.82 Å². The normalized spacial score (nSPS) is 21.5. The van der Waals surface area contributed by atoms with Crippen LogP contribution in [-0.4, -0.2) is 26.2 Å². The Morgan fingerprint density at radius 3 is 2.77 bits per heavy atom. The summed E-state index contributed by atoms with van der Waals surface area (Å²) < 4.78 is 0. The first-order valence-electron chi connectivity index (χ1n) is 4.59. The predicted molar refractivity (Wildman–Crippen MR) is 47.8 cm³/mol. The first-order valence-corrected chi connectivity index (χ1v) is 4.59. The van der Waals surface area contributed by atoms with Gasteiger partial charge in [0.15, 0.2) is 5.82 Å². The predicted octanol–water partition coefficient (Wildman–Crippen LogP) is -0.120. The molecule has 1 aliphatic carbocycles. The van der Waals surface area contributed by atoms with Gasteiger partial charge in [-0.15, -0.1) is 10.2 Å². The molecule has 0 aliphatic heterocycles. The summed E-state index contributed by atoms with van der Waals surface area (Å²) in [5.74, 6) is 0.753. The number of tetrazole rings is 1. The molecular formula is C8H15N5. The van der Waals surface area contributed by atoms with Gasteiger partial charge in [0.2, 0.25) is 0 Å². The van der Waals surface area contributed by atoms with E-state index in [1.807, 2.05) is 0 Å². The minimum absolute atomic E-state index is 0.177. The molecule has 1 aromatic rings. The van der Waals surface area contributed by atoms with Crippen LogP contribution in [0.25, 0.3) is 0 Å². The fraction of sp³-hybridized carbons (Fsp3) is 0.875. The van der Waals surface area contributed by atoms with Gasteiger partial charge in [0.05, 0.1) is 7.05 Å². The van der Waals surface area contributed by atoms with E-state index in [4.69, 9.17) is 5.73 Å². The molecule has 1 unspecified atom stereocenters. The van der Waals surface area contributed by atoms with Crippen molar-refractivity contribution in [1.82, 2.24) is 20.2 Å². The Morgan fingerprint density at radius 2 is 2.31 bits per heavy atom. The van der Waals surface area contributed by atoms with Gasteiger partial charge in [-0.3, -0.25) is 0 Å². The molecule has 0 aromatic carbocycles. The van der Waals surface area contributed by atoms with Gasteiger partial charge in [-0.1, -0.05) is 6.92 Å². The molecule has 1 fully saturated rings. The van der Waals surface area contributed by atoms with Crippen LogP contribution in [0.3, 0.4) is 0 Å². The molecule has 72 valence electrons. The van der Waals surface area contributed by atoms with Gasteiger partial charge < -0.3 is 5.73 Å². The van der Waals surface area contributed by atoms with Crippen molar-refractivity contribution in [2.24, 2.45) is 18.2 Å². The summed E-state index contributed by atoms with van der Waals surface area (Å²) in [6.45, 7) is 2.22. The van der Waals surface area contributed by atoms with Crippen LogP contribution in [-0.2, 0) is 13.5 Å². The minimum atomic E-state index is 0.177. The number of nitrogens with two attached hydrogens (primary N) is 1. The van der Waals surface area contributed by atoms with Crippen LogP contribution in [0.1, 0.15) is 25.6 Å². The van der Waals surface area contributed by atoms with E-state index in [0.717, 1.165) is 12.2 Å². The van der Waals surface area contributed by atoms with E-state index < -0.39 is 0 Å². The topological polar surface area (TPSA) is 69.6 Å². The highest BCUT2D eigenvalue weighted by molar-refractivity contribution is 5.00. The maximum Gasteiger partial charge on any atom is 0.176 e. The number of nitrogens with zero attached hydrogens (tertiary/aromatic N) is 4. The number of aromatic nitrogens is 4. The van der Waals surface area contributed by atoms with Gasteiger partial charge >= 0.3 is 0 Å². The standard InChI is InChI=1S/C8H15N5/c1-8(3-4-8)6(9)5-7-10-12-13(2)11-7/h6H,3-5,9H2,1-2H3. The quantitative estimate of drug-likeness (QED) is 0.705. The second kappa shape index (κ2) is 2.77. The molecule has 0 saturated heterocycles. The van der Waals surface area contributed by atoms with E-state index in [-0.39, 0.29) is 6.04 Å². The summed E-state index contributed by atoms with van der Waals surface area (Å²) in [5.41, 5.74) is 6.37. The molecule has 2 rings (SSSR count). The Kier molecular flexibility index (Phi) is 1.83. The zero-order chi connectivity index (χ0) is 9.47. The molecule has 1 aliphatic rings. The highest BCUT2D eigenvalue weighted by Crippen LogP contribution is 2.47. The lowest BCUT2D eigenvalue weighted by atomic mass is 9.97. The monoisotopic (exact) mass is 181 g/mol. The van der Waals surface area contributed by atoms with Crippen LogP contribution in [0.2, 0.25) is 0 Å². The lowest BCUT2D eigenvalue weighted by molar-refractivity contribution is 0.425. The molecule has 0 radical (unpaired) electrons. The fourth-order valence-corrected chi connectivity index (χ4v) is 1.42. The Bertz CT molecular complexity index is 301. The lowest BCUT2D eigenvalue weighted by Crippen LogP contribution is -2.32. The summed E-state index contributed by atoms with van der Waals surface area (Å²) >= 11 is 0. The average Bonchev–Trinajstić information content (AvgIpc) is 2.69. The zero-order valence-corrected chi connectivity index (χ0v) is 8.06. The van der Waals surface area contributed by atoms with Crippen molar-refractivity contribution in [3.8, 4) is 0 Å². The van der Waals surface area contributed by atoms with Crippen LogP contribution in [0.15, 0.2) is 0 Å². The molecule has 1 saturated carbocycles. The summed E-state index contributed by atoms with van der Waals surface area (Å²) in [5, 5.41) is 11.8. The van der Waals surface area contributed by atoms with E-state index in [2.05, 4.69) is 22.3 Å². The van der Waals surface area contributed by atoms with Crippen LogP contribution < -0.4 is 5.73 Å². The van der Waals surface area contributed by atoms with Crippen LogP contribution in [0, 0.1) is 5.41 Å². The minimum Gasteiger partial charge on any atom is -0.327 e. The number of hydrogen-bond acceptors (Lipinski definition) is 4. The Labute approximate surface area is 77.3 Å². The summed E-state index contributed by atoms with van der Waals surface area (Å²) in [6.07, 6.45) is 3.20. The van der Waals surface area contributed by atoms with E-state index in [1.54, 1.807) is 7.05 Å². The Balaban J connectivity index is 1.98. The second-order valence-corrected chi connectivity index (χ2v) is 4.16. The second-order valence-electron chi connectivity index (χ2n) is 4.16. The van der Waals surface area contributed by atoms with E-state index >= 15 is 0 Å². The lowest BCUT2D eigenvalue weighted by Gasteiger charge is -2.16. The number of rotatable bonds is 3. The molecule has 1 atom stereocenters. The molecule has 1 heterocycles. The van der Waals surface area contributed by atoms with Crippen molar-refractivity contribution in [3.63, 3.8) is 0 Å². The van der Waals surface area contributed by atoms with Gasteiger partial charge in [0, 0.05) is 12.5 Å². The van der Waals surface area contributed by atoms with Gasteiger partial charge in [-0.05, 0) is 23.5 Å². The first-order chi connectivity index (χ1) is 6.10. The largest absolute Gasteiger partial charge is 0.327 e. The maximum absolute atomic E-state index is 6.04. The van der Waals surface area contributed by atoms with Crippen molar-refractivity contribution in [2.75, 3.05) is 0 Å². The fourth-order valence-electron chi connectivity index (χ4n) is 1.42. The van der Waals surface area contributed by atoms with E-state index in [0.29, 0.717) is 5.41 Å². The first kappa shape index (κ1) is 8.62. The molecule has 5 heteroatoms. The molecule has 13 heavy (non-hydrogen) atoms. The third kappa shape index (κ3) is 1.70. The van der Waals surface area contributed by atoms with Crippen molar-refractivity contribution in [2.45, 2.75) is 32.2 Å². The van der Waals surface area contributed by atoms with Crippen molar-refractivity contribution < 1.29 is 0 Å². The number of hydrogen-bond donors (Lipinski definition) is 1. The molecular weight excluding hydrogens is 166 g/mol. The molecule has 0 bridgehead atoms. The highest BCUT2D eigenvalue weighted by Gasteiger charge is 2.43. The van der Waals surface area contributed by atoms with E-state index in [9.17, 15) is 0 Å². The average molecular weight is 181 g/mol. The van der Waals surface area contributed by atoms with Crippen molar-refractivity contribution in [1.29, 1.82) is 0 Å². The summed E-state index contributed by atoms with van der Waals surface area (Å²) in [7, 11) is 1.76. The number of aryl methyl sites for hydroxylation is 1. The van der Waals surface area contributed by atoms with E-state index in [1.165, 1.54) is 17.6 Å². The van der Waals surface area contributed by atoms with Crippen LogP contribution in [0.5, 0.6) is 0 Å². The molecule has 0 amide bonds.